The molecule has 0 aliphatic heterocycles. The van der Waals surface area contributed by atoms with Crippen LogP contribution in [0.25, 0.3) is 0 Å². The molecular weight excluding hydrogens is 247 g/mol. The Labute approximate surface area is 110 Å². The second-order valence-corrected chi connectivity index (χ2v) is 3.51. The van der Waals surface area contributed by atoms with Crippen molar-refractivity contribution in [1.29, 1.82) is 10.5 Å². The Bertz CT molecular complexity index is 527. The Balaban J connectivity index is 2.90. The second kappa shape index (κ2) is 7.70. The molecule has 1 aromatic rings. The molecule has 0 aliphatic rings. The maximum atomic E-state index is 13.7. The number of methoxy groups -OCH3 is 1. The molecule has 1 aromatic carbocycles. The molecule has 6 heteroatoms. The van der Waals surface area contributed by atoms with Gasteiger partial charge < -0.3 is 15.4 Å². The maximum Gasteiger partial charge on any atom is 0.148 e. The number of hydrogen-bond donors (Lipinski definition) is 2. The first kappa shape index (κ1) is 14.5. The molecule has 0 spiro atoms. The third-order valence-electron chi connectivity index (χ3n) is 2.24. The summed E-state index contributed by atoms with van der Waals surface area (Å²) in [6, 6.07) is 7.92. The third-order valence-corrected chi connectivity index (χ3v) is 2.24. The van der Waals surface area contributed by atoms with E-state index >= 15 is 0 Å². The first-order valence-electron chi connectivity index (χ1n) is 5.51. The highest BCUT2D eigenvalue weighted by Crippen LogP contribution is 2.25. The molecule has 0 radical (unpaired) electrons. The molecule has 0 bridgehead atoms. The Hall–Kier alpha value is -2.57. The van der Waals surface area contributed by atoms with Crippen LogP contribution in [0.1, 0.15) is 0 Å². The molecule has 0 atom stereocenters. The number of halogens is 1. The van der Waals surface area contributed by atoms with E-state index in [1.165, 1.54) is 12.3 Å². The van der Waals surface area contributed by atoms with Gasteiger partial charge in [0, 0.05) is 19.9 Å². The van der Waals surface area contributed by atoms with Gasteiger partial charge in [0.15, 0.2) is 0 Å². The molecule has 5 nitrogen and oxygen atoms in total. The molecule has 19 heavy (non-hydrogen) atoms. The lowest BCUT2D eigenvalue weighted by Gasteiger charge is -2.12. The minimum Gasteiger partial charge on any atom is -0.383 e. The highest BCUT2D eigenvalue weighted by Gasteiger charge is 2.07. The molecule has 0 unspecified atom stereocenters. The largest absolute Gasteiger partial charge is 0.383 e. The summed E-state index contributed by atoms with van der Waals surface area (Å²) in [5.41, 5.74) is 0.580. The predicted molar refractivity (Wildman–Crippen MR) is 69.7 cm³/mol. The summed E-state index contributed by atoms with van der Waals surface area (Å²) in [4.78, 5) is 0. The zero-order valence-electron chi connectivity index (χ0n) is 10.4. The average molecular weight is 260 g/mol. The van der Waals surface area contributed by atoms with Crippen LogP contribution < -0.4 is 10.6 Å². The van der Waals surface area contributed by atoms with E-state index in [4.69, 9.17) is 15.3 Å². The third kappa shape index (κ3) is 4.30. The molecule has 0 aliphatic carbocycles. The van der Waals surface area contributed by atoms with Crippen LogP contribution in [-0.2, 0) is 4.74 Å². The molecule has 0 aromatic heterocycles. The fraction of sp³-hybridized carbons (Fsp3) is 0.231. The number of anilines is 2. The van der Waals surface area contributed by atoms with Gasteiger partial charge in [0.25, 0.3) is 0 Å². The average Bonchev–Trinajstić information content (AvgIpc) is 2.42. The van der Waals surface area contributed by atoms with E-state index in [1.807, 2.05) is 0 Å². The van der Waals surface area contributed by atoms with Crippen molar-refractivity contribution in [2.45, 2.75) is 0 Å². The summed E-state index contributed by atoms with van der Waals surface area (Å²) in [6.07, 6.45) is 1.17. The number of nitriles is 2. The van der Waals surface area contributed by atoms with Gasteiger partial charge in [-0.05, 0) is 12.1 Å². The van der Waals surface area contributed by atoms with Crippen molar-refractivity contribution in [3.63, 3.8) is 0 Å². The van der Waals surface area contributed by atoms with E-state index < -0.39 is 5.82 Å². The van der Waals surface area contributed by atoms with Gasteiger partial charge >= 0.3 is 0 Å². The first-order chi connectivity index (χ1) is 9.22. The van der Waals surface area contributed by atoms with Crippen molar-refractivity contribution in [2.75, 3.05) is 30.9 Å². The van der Waals surface area contributed by atoms with Gasteiger partial charge in [0.05, 0.1) is 18.0 Å². The molecule has 0 saturated carbocycles. The standard InChI is InChI=1S/C13H13FN4O/c1-19-6-5-17-12-4-2-3-11(14)13(12)18-9-10(7-15)8-16/h2-4,9,17-18H,5-6H2,1H3. The van der Waals surface area contributed by atoms with Crippen molar-refractivity contribution in [1.82, 2.24) is 0 Å². The fourth-order valence-corrected chi connectivity index (χ4v) is 1.34. The van der Waals surface area contributed by atoms with E-state index in [1.54, 1.807) is 31.4 Å². The summed E-state index contributed by atoms with van der Waals surface area (Å²) in [6.45, 7) is 0.995. The monoisotopic (exact) mass is 260 g/mol. The Morgan fingerprint density at radius 2 is 2.16 bits per heavy atom. The summed E-state index contributed by atoms with van der Waals surface area (Å²) < 4.78 is 18.6. The number of ether oxygens (including phenoxy) is 1. The highest BCUT2D eigenvalue weighted by molar-refractivity contribution is 5.70. The van der Waals surface area contributed by atoms with Crippen LogP contribution in [0, 0.1) is 28.5 Å². The van der Waals surface area contributed by atoms with Crippen LogP contribution in [-0.4, -0.2) is 20.3 Å². The molecular formula is C13H13FN4O. The minimum atomic E-state index is -0.478. The van der Waals surface area contributed by atoms with Gasteiger partial charge in [-0.3, -0.25) is 0 Å². The van der Waals surface area contributed by atoms with Crippen LogP contribution in [0.5, 0.6) is 0 Å². The van der Waals surface area contributed by atoms with Crippen molar-refractivity contribution in [2.24, 2.45) is 0 Å². The molecule has 1 rings (SSSR count). The van der Waals surface area contributed by atoms with Crippen molar-refractivity contribution in [3.8, 4) is 12.1 Å². The lowest BCUT2D eigenvalue weighted by molar-refractivity contribution is 0.211. The first-order valence-corrected chi connectivity index (χ1v) is 5.51. The number of rotatable bonds is 6. The topological polar surface area (TPSA) is 80.9 Å². The van der Waals surface area contributed by atoms with Crippen LogP contribution in [0.2, 0.25) is 0 Å². The molecule has 0 heterocycles. The van der Waals surface area contributed by atoms with Gasteiger partial charge in [0.2, 0.25) is 0 Å². The minimum absolute atomic E-state index is 0.133. The van der Waals surface area contributed by atoms with Crippen LogP contribution in [0.3, 0.4) is 0 Å². The summed E-state index contributed by atoms with van der Waals surface area (Å²) in [7, 11) is 1.57. The van der Waals surface area contributed by atoms with Crippen LogP contribution >= 0.6 is 0 Å². The number of para-hydroxylation sites is 1. The van der Waals surface area contributed by atoms with E-state index in [0.717, 1.165) is 0 Å². The predicted octanol–water partition coefficient (Wildman–Crippen LogP) is 2.23. The van der Waals surface area contributed by atoms with Crippen molar-refractivity contribution < 1.29 is 9.13 Å². The summed E-state index contributed by atoms with van der Waals surface area (Å²) in [5.74, 6) is -0.478. The molecule has 0 saturated heterocycles. The number of hydrogen-bond acceptors (Lipinski definition) is 5. The van der Waals surface area contributed by atoms with E-state index in [-0.39, 0.29) is 11.3 Å². The Kier molecular flexibility index (Phi) is 5.87. The molecule has 0 fully saturated rings. The van der Waals surface area contributed by atoms with Gasteiger partial charge in [-0.15, -0.1) is 0 Å². The molecule has 98 valence electrons. The number of nitrogens with zero attached hydrogens (tertiary/aromatic N) is 2. The van der Waals surface area contributed by atoms with Gasteiger partial charge in [-0.1, -0.05) is 6.07 Å². The van der Waals surface area contributed by atoms with Gasteiger partial charge in [-0.25, -0.2) is 4.39 Å². The fourth-order valence-electron chi connectivity index (χ4n) is 1.34. The maximum absolute atomic E-state index is 13.7. The normalized spacial score (nSPS) is 9.05. The van der Waals surface area contributed by atoms with Gasteiger partial charge in [-0.2, -0.15) is 10.5 Å². The van der Waals surface area contributed by atoms with Crippen molar-refractivity contribution >= 4 is 11.4 Å². The van der Waals surface area contributed by atoms with E-state index in [0.29, 0.717) is 18.8 Å². The lowest BCUT2D eigenvalue weighted by Crippen LogP contribution is -2.09. The zero-order chi connectivity index (χ0) is 14.1. The van der Waals surface area contributed by atoms with Crippen LogP contribution in [0.15, 0.2) is 30.0 Å². The lowest BCUT2D eigenvalue weighted by atomic mass is 10.2. The van der Waals surface area contributed by atoms with Crippen LogP contribution in [0.4, 0.5) is 15.8 Å². The zero-order valence-corrected chi connectivity index (χ0v) is 10.4. The van der Waals surface area contributed by atoms with Crippen molar-refractivity contribution in [3.05, 3.63) is 35.8 Å². The second-order valence-electron chi connectivity index (χ2n) is 3.51. The quantitative estimate of drug-likeness (QED) is 0.605. The van der Waals surface area contributed by atoms with E-state index in [2.05, 4.69) is 10.6 Å². The van der Waals surface area contributed by atoms with Gasteiger partial charge in [0.1, 0.15) is 23.5 Å². The Morgan fingerprint density at radius 3 is 2.79 bits per heavy atom. The highest BCUT2D eigenvalue weighted by atomic mass is 19.1. The summed E-state index contributed by atoms with van der Waals surface area (Å²) >= 11 is 0. The molecule has 2 N–H and O–H groups in total. The SMILES string of the molecule is COCCNc1cccc(F)c1NC=C(C#N)C#N. The number of allylic oxidation sites excluding steroid dienone is 1. The number of nitrogens with one attached hydrogen (secondary N) is 2. The number of benzene rings is 1. The van der Waals surface area contributed by atoms with E-state index in [9.17, 15) is 4.39 Å². The molecule has 0 amide bonds. The smallest absolute Gasteiger partial charge is 0.148 e. The summed E-state index contributed by atoms with van der Waals surface area (Å²) in [5, 5.41) is 22.8. The Morgan fingerprint density at radius 1 is 1.42 bits per heavy atom.